The Morgan fingerprint density at radius 1 is 1.00 bits per heavy atom. The zero-order valence-corrected chi connectivity index (χ0v) is 17.4. The van der Waals surface area contributed by atoms with Crippen molar-refractivity contribution in [3.05, 3.63) is 103 Å². The highest BCUT2D eigenvalue weighted by atomic mass is 16.2. The normalized spacial score (nSPS) is 16.3. The molecular weight excluding hydrogens is 386 g/mol. The lowest BCUT2D eigenvalue weighted by Gasteiger charge is -2.40. The molecule has 0 N–H and O–H groups in total. The van der Waals surface area contributed by atoms with Gasteiger partial charge in [0.05, 0.1) is 0 Å². The predicted octanol–water partition coefficient (Wildman–Crippen LogP) is 3.83. The molecule has 0 aliphatic carbocycles. The van der Waals surface area contributed by atoms with E-state index in [0.717, 1.165) is 16.7 Å². The Hall–Kier alpha value is -3.73. The van der Waals surface area contributed by atoms with Gasteiger partial charge in [-0.2, -0.15) is 0 Å². The van der Waals surface area contributed by atoms with Crippen molar-refractivity contribution in [3.63, 3.8) is 0 Å². The van der Waals surface area contributed by atoms with Crippen LogP contribution < -0.4 is 0 Å². The Bertz CT molecular complexity index is 1070. The Labute approximate surface area is 182 Å². The maximum Gasteiger partial charge on any atom is 0.254 e. The van der Waals surface area contributed by atoms with Crippen LogP contribution in [-0.2, 0) is 11.2 Å². The molecule has 2 heterocycles. The summed E-state index contributed by atoms with van der Waals surface area (Å²) in [6.45, 7) is 5.26. The van der Waals surface area contributed by atoms with Crippen LogP contribution in [0.2, 0.25) is 0 Å². The van der Waals surface area contributed by atoms with Gasteiger partial charge in [-0.1, -0.05) is 48.5 Å². The highest BCUT2D eigenvalue weighted by Gasteiger charge is 2.37. The number of hydrogen-bond acceptors (Lipinski definition) is 3. The van der Waals surface area contributed by atoms with Gasteiger partial charge in [-0.05, 0) is 41.0 Å². The van der Waals surface area contributed by atoms with Crippen molar-refractivity contribution in [2.75, 3.05) is 19.6 Å². The van der Waals surface area contributed by atoms with E-state index in [4.69, 9.17) is 0 Å². The number of amides is 2. The number of rotatable bonds is 6. The monoisotopic (exact) mass is 411 g/mol. The molecule has 1 aliphatic heterocycles. The van der Waals surface area contributed by atoms with Crippen LogP contribution >= 0.6 is 0 Å². The molecule has 5 nitrogen and oxygen atoms in total. The standard InChI is InChI=1S/C26H25N3O2/c1-2-15-28-16-17-29(25(30)22-8-4-3-5-9-22)24(26(28)31)19-20-7-6-10-23(18-20)21-11-13-27-14-12-21/h2-14,18,24H,1,15-17,19H2/t24-/m1/s1. The number of piperazine rings is 1. The van der Waals surface area contributed by atoms with Crippen LogP contribution in [0.3, 0.4) is 0 Å². The topological polar surface area (TPSA) is 53.5 Å². The summed E-state index contributed by atoms with van der Waals surface area (Å²) in [5.74, 6) is -0.146. The number of pyridine rings is 1. The Balaban J connectivity index is 1.63. The van der Waals surface area contributed by atoms with Crippen LogP contribution in [0.5, 0.6) is 0 Å². The van der Waals surface area contributed by atoms with Crippen LogP contribution in [0.15, 0.2) is 91.8 Å². The molecule has 0 radical (unpaired) electrons. The van der Waals surface area contributed by atoms with E-state index in [9.17, 15) is 9.59 Å². The number of nitrogens with zero attached hydrogens (tertiary/aromatic N) is 3. The number of benzene rings is 2. The minimum Gasteiger partial charge on any atom is -0.335 e. The second kappa shape index (κ2) is 9.39. The number of hydrogen-bond donors (Lipinski definition) is 0. The summed E-state index contributed by atoms with van der Waals surface area (Å²) in [7, 11) is 0. The van der Waals surface area contributed by atoms with Crippen LogP contribution in [-0.4, -0.2) is 52.3 Å². The Morgan fingerprint density at radius 3 is 2.52 bits per heavy atom. The molecule has 31 heavy (non-hydrogen) atoms. The average molecular weight is 412 g/mol. The average Bonchev–Trinajstić information content (AvgIpc) is 2.83. The molecule has 1 fully saturated rings. The van der Waals surface area contributed by atoms with E-state index in [0.29, 0.717) is 31.6 Å². The Morgan fingerprint density at radius 2 is 1.77 bits per heavy atom. The predicted molar refractivity (Wildman–Crippen MR) is 121 cm³/mol. The molecule has 3 aromatic rings. The van der Waals surface area contributed by atoms with Gasteiger partial charge in [0, 0.05) is 44.0 Å². The quantitative estimate of drug-likeness (QED) is 0.580. The first-order valence-corrected chi connectivity index (χ1v) is 10.4. The van der Waals surface area contributed by atoms with Gasteiger partial charge in [0.25, 0.3) is 5.91 Å². The first-order chi connectivity index (χ1) is 15.2. The van der Waals surface area contributed by atoms with Crippen molar-refractivity contribution < 1.29 is 9.59 Å². The van der Waals surface area contributed by atoms with Crippen molar-refractivity contribution in [2.45, 2.75) is 12.5 Å². The molecule has 4 rings (SSSR count). The maximum atomic E-state index is 13.3. The van der Waals surface area contributed by atoms with E-state index in [2.05, 4.69) is 17.6 Å². The van der Waals surface area contributed by atoms with Crippen LogP contribution in [0.4, 0.5) is 0 Å². The lowest BCUT2D eigenvalue weighted by Crippen LogP contribution is -2.59. The third-order valence-corrected chi connectivity index (χ3v) is 5.58. The lowest BCUT2D eigenvalue weighted by atomic mass is 9.97. The summed E-state index contributed by atoms with van der Waals surface area (Å²) in [6, 6.07) is 20.7. The molecule has 1 aliphatic rings. The van der Waals surface area contributed by atoms with E-state index in [1.807, 2.05) is 48.5 Å². The van der Waals surface area contributed by atoms with Crippen molar-refractivity contribution >= 4 is 11.8 Å². The summed E-state index contributed by atoms with van der Waals surface area (Å²) in [5.41, 5.74) is 3.74. The summed E-state index contributed by atoms with van der Waals surface area (Å²) < 4.78 is 0. The third-order valence-electron chi connectivity index (χ3n) is 5.58. The number of aromatic nitrogens is 1. The Kier molecular flexibility index (Phi) is 6.22. The molecule has 1 aromatic heterocycles. The molecule has 0 saturated carbocycles. The van der Waals surface area contributed by atoms with Gasteiger partial charge in [0.15, 0.2) is 0 Å². The minimum absolute atomic E-state index is 0.0373. The van der Waals surface area contributed by atoms with Crippen molar-refractivity contribution in [2.24, 2.45) is 0 Å². The van der Waals surface area contributed by atoms with Gasteiger partial charge < -0.3 is 9.80 Å². The zero-order chi connectivity index (χ0) is 21.6. The van der Waals surface area contributed by atoms with E-state index in [1.54, 1.807) is 40.4 Å². The summed E-state index contributed by atoms with van der Waals surface area (Å²) in [4.78, 5) is 34.1. The fraction of sp³-hybridized carbons (Fsp3) is 0.192. The first kappa shape index (κ1) is 20.5. The van der Waals surface area contributed by atoms with Gasteiger partial charge in [-0.3, -0.25) is 14.6 Å². The highest BCUT2D eigenvalue weighted by molar-refractivity contribution is 5.98. The maximum absolute atomic E-state index is 13.3. The van der Waals surface area contributed by atoms with Crippen LogP contribution in [0.25, 0.3) is 11.1 Å². The largest absolute Gasteiger partial charge is 0.335 e. The van der Waals surface area contributed by atoms with Crippen LogP contribution in [0, 0.1) is 0 Å². The lowest BCUT2D eigenvalue weighted by molar-refractivity contribution is -0.139. The SMILES string of the molecule is C=CCN1CCN(C(=O)c2ccccc2)[C@H](Cc2cccc(-c3ccncc3)c2)C1=O. The smallest absolute Gasteiger partial charge is 0.254 e. The van der Waals surface area contributed by atoms with Gasteiger partial charge in [-0.25, -0.2) is 0 Å². The van der Waals surface area contributed by atoms with Gasteiger partial charge in [-0.15, -0.1) is 6.58 Å². The molecule has 2 aromatic carbocycles. The molecule has 0 spiro atoms. The molecule has 0 unspecified atom stereocenters. The summed E-state index contributed by atoms with van der Waals surface area (Å²) in [5, 5.41) is 0. The molecule has 2 amide bonds. The fourth-order valence-electron chi connectivity index (χ4n) is 4.01. The second-order valence-electron chi connectivity index (χ2n) is 7.59. The van der Waals surface area contributed by atoms with E-state index < -0.39 is 6.04 Å². The van der Waals surface area contributed by atoms with Gasteiger partial charge in [0.1, 0.15) is 6.04 Å². The van der Waals surface area contributed by atoms with Gasteiger partial charge >= 0.3 is 0 Å². The molecule has 156 valence electrons. The molecule has 1 saturated heterocycles. The molecular formula is C26H25N3O2. The number of carbonyl (C=O) groups is 2. The van der Waals surface area contributed by atoms with Crippen molar-refractivity contribution in [3.8, 4) is 11.1 Å². The van der Waals surface area contributed by atoms with Crippen LogP contribution in [0.1, 0.15) is 15.9 Å². The fourth-order valence-corrected chi connectivity index (χ4v) is 4.01. The summed E-state index contributed by atoms with van der Waals surface area (Å²) in [6.07, 6.45) is 5.72. The minimum atomic E-state index is -0.547. The van der Waals surface area contributed by atoms with Crippen molar-refractivity contribution in [1.29, 1.82) is 0 Å². The van der Waals surface area contributed by atoms with Crippen molar-refractivity contribution in [1.82, 2.24) is 14.8 Å². The van der Waals surface area contributed by atoms with E-state index in [1.165, 1.54) is 0 Å². The third kappa shape index (κ3) is 4.56. The summed E-state index contributed by atoms with van der Waals surface area (Å²) >= 11 is 0. The second-order valence-corrected chi connectivity index (χ2v) is 7.59. The highest BCUT2D eigenvalue weighted by Crippen LogP contribution is 2.23. The molecule has 1 atom stereocenters. The zero-order valence-electron chi connectivity index (χ0n) is 17.4. The van der Waals surface area contributed by atoms with Gasteiger partial charge in [0.2, 0.25) is 5.91 Å². The molecule has 5 heteroatoms. The first-order valence-electron chi connectivity index (χ1n) is 10.4. The van der Waals surface area contributed by atoms with E-state index in [-0.39, 0.29) is 11.8 Å². The number of carbonyl (C=O) groups excluding carboxylic acids is 2. The molecule has 0 bridgehead atoms. The van der Waals surface area contributed by atoms with E-state index >= 15 is 0 Å².